The maximum Gasteiger partial charge on any atom is 0.319 e. The van der Waals surface area contributed by atoms with Crippen LogP contribution in [0.3, 0.4) is 0 Å². The smallest absolute Gasteiger partial charge is 0.319 e. The molecule has 2 aromatic rings. The van der Waals surface area contributed by atoms with Gasteiger partial charge in [-0.1, -0.05) is 11.6 Å². The second-order valence-corrected chi connectivity index (χ2v) is 10.5. The van der Waals surface area contributed by atoms with Gasteiger partial charge in [0.25, 0.3) is 11.8 Å². The van der Waals surface area contributed by atoms with Crippen LogP contribution in [0.4, 0.5) is 9.80 Å². The fraction of sp³-hybridized carbons (Fsp3) is 0.500. The number of hydrogen-bond donors (Lipinski definition) is 4. The summed E-state index contributed by atoms with van der Waals surface area (Å²) in [5, 5.41) is 9.03. The Kier molecular flexibility index (Phi) is 8.65. The molecule has 0 radical (unpaired) electrons. The largest absolute Gasteiger partial charge is 0.472 e. The van der Waals surface area contributed by atoms with Crippen molar-refractivity contribution in [2.45, 2.75) is 44.8 Å². The summed E-state index contributed by atoms with van der Waals surface area (Å²) in [4.78, 5) is 39.2. The maximum atomic E-state index is 12.4. The molecular weight excluding hydrogens is 504 g/mol. The van der Waals surface area contributed by atoms with Gasteiger partial charge in [0.15, 0.2) is 0 Å². The quantitative estimate of drug-likeness (QED) is 0.369. The lowest BCUT2D eigenvalue weighted by Gasteiger charge is -2.28. The van der Waals surface area contributed by atoms with E-state index >= 15 is 0 Å². The predicted octanol–water partition coefficient (Wildman–Crippen LogP) is 3.22. The summed E-state index contributed by atoms with van der Waals surface area (Å²) in [6, 6.07) is 4.72. The van der Waals surface area contributed by atoms with Crippen LogP contribution in [0.15, 0.2) is 18.2 Å². The van der Waals surface area contributed by atoms with Crippen LogP contribution in [-0.4, -0.2) is 59.8 Å². The Morgan fingerprint density at radius 2 is 1.97 bits per heavy atom. The first-order valence-corrected chi connectivity index (χ1v) is 13.2. The highest BCUT2D eigenvalue weighted by atomic mass is 35.5. The van der Waals surface area contributed by atoms with E-state index in [1.54, 1.807) is 18.2 Å². The number of benzene rings is 1. The Morgan fingerprint density at radius 3 is 2.67 bits per heavy atom. The number of ether oxygens (including phenoxy) is 1. The summed E-state index contributed by atoms with van der Waals surface area (Å²) in [7, 11) is 2.12. The minimum Gasteiger partial charge on any atom is -0.472 e. The zero-order chi connectivity index (χ0) is 25.7. The average molecular weight is 535 g/mol. The summed E-state index contributed by atoms with van der Waals surface area (Å²) in [6.45, 7) is 2.66. The lowest BCUT2D eigenvalue weighted by molar-refractivity contribution is 0.0949. The van der Waals surface area contributed by atoms with Crippen molar-refractivity contribution < 1.29 is 19.1 Å². The van der Waals surface area contributed by atoms with E-state index in [4.69, 9.17) is 22.1 Å². The Balaban J connectivity index is 1.33. The van der Waals surface area contributed by atoms with E-state index < -0.39 is 11.9 Å². The van der Waals surface area contributed by atoms with E-state index in [9.17, 15) is 14.4 Å². The molecule has 10 nitrogen and oxygen atoms in total. The van der Waals surface area contributed by atoms with Crippen LogP contribution in [0.1, 0.15) is 58.4 Å². The highest BCUT2D eigenvalue weighted by Gasteiger charge is 2.25. The van der Waals surface area contributed by atoms with E-state index in [2.05, 4.69) is 32.3 Å². The molecule has 36 heavy (non-hydrogen) atoms. The number of anilines is 1. The molecule has 1 aliphatic heterocycles. The topological polar surface area (TPSA) is 139 Å². The van der Waals surface area contributed by atoms with Gasteiger partial charge in [0.2, 0.25) is 5.88 Å². The summed E-state index contributed by atoms with van der Waals surface area (Å²) < 4.78 is 9.88. The van der Waals surface area contributed by atoms with E-state index in [1.807, 2.05) is 0 Å². The van der Waals surface area contributed by atoms with Crippen molar-refractivity contribution in [3.63, 3.8) is 0 Å². The first-order valence-electron chi connectivity index (χ1n) is 12.0. The number of nitrogens with one attached hydrogen (secondary N) is 3. The number of urea groups is 1. The van der Waals surface area contributed by atoms with Gasteiger partial charge in [-0.2, -0.15) is 4.37 Å². The second kappa shape index (κ2) is 11.9. The molecule has 1 aromatic heterocycles. The Hall–Kier alpha value is -2.89. The van der Waals surface area contributed by atoms with Gasteiger partial charge in [0, 0.05) is 28.7 Å². The molecule has 1 aliphatic carbocycles. The number of piperidine rings is 1. The Bertz CT molecular complexity index is 1110. The molecule has 5 N–H and O–H groups in total. The average Bonchev–Trinajstić information content (AvgIpc) is 3.57. The first kappa shape index (κ1) is 26.2. The van der Waals surface area contributed by atoms with Crippen molar-refractivity contribution in [1.82, 2.24) is 19.9 Å². The number of aromatic nitrogens is 1. The van der Waals surface area contributed by atoms with Crippen molar-refractivity contribution in [2.24, 2.45) is 11.7 Å². The summed E-state index contributed by atoms with van der Waals surface area (Å²) >= 11 is 7.19. The fourth-order valence-electron chi connectivity index (χ4n) is 4.03. The van der Waals surface area contributed by atoms with Gasteiger partial charge in [0.05, 0.1) is 0 Å². The van der Waals surface area contributed by atoms with Crippen LogP contribution in [0, 0.1) is 5.92 Å². The molecule has 2 aliphatic rings. The van der Waals surface area contributed by atoms with Gasteiger partial charge in [-0.15, -0.1) is 0 Å². The highest BCUT2D eigenvalue weighted by molar-refractivity contribution is 7.11. The van der Waals surface area contributed by atoms with Crippen molar-refractivity contribution in [2.75, 3.05) is 32.0 Å². The number of nitrogens with two attached hydrogens (primary N) is 1. The molecule has 4 amide bonds. The lowest BCUT2D eigenvalue weighted by Crippen LogP contribution is -2.34. The summed E-state index contributed by atoms with van der Waals surface area (Å²) in [5.74, 6) is -0.353. The number of carbonyl (C=O) groups is 3. The Morgan fingerprint density at radius 1 is 1.22 bits per heavy atom. The van der Waals surface area contributed by atoms with Crippen LogP contribution in [0.25, 0.3) is 0 Å². The highest BCUT2D eigenvalue weighted by Crippen LogP contribution is 2.31. The molecule has 194 valence electrons. The molecule has 1 aromatic carbocycles. The minimum atomic E-state index is -0.774. The number of likely N-dealkylation sites (tertiary alicyclic amines) is 1. The van der Waals surface area contributed by atoms with Crippen molar-refractivity contribution >= 4 is 46.0 Å². The number of hydrogen-bond acceptors (Lipinski definition) is 7. The second-order valence-electron chi connectivity index (χ2n) is 9.31. The van der Waals surface area contributed by atoms with Crippen LogP contribution in [0.5, 0.6) is 5.88 Å². The van der Waals surface area contributed by atoms with E-state index in [1.165, 1.54) is 0 Å². The third-order valence-electron chi connectivity index (χ3n) is 6.40. The number of nitrogens with zero attached hydrogens (tertiary/aromatic N) is 2. The molecule has 0 bridgehead atoms. The SMILES string of the molecule is CN1CCC(CCNC(=O)Nc2snc(OCc3cc(C(=O)NC4CC4)ccc3Cl)c2C(N)=O)CC1. The van der Waals surface area contributed by atoms with Gasteiger partial charge >= 0.3 is 6.03 Å². The number of carbonyl (C=O) groups excluding carboxylic acids is 3. The Labute approximate surface area is 219 Å². The predicted molar refractivity (Wildman–Crippen MR) is 139 cm³/mol. The third kappa shape index (κ3) is 7.08. The van der Waals surface area contributed by atoms with Crippen molar-refractivity contribution in [1.29, 1.82) is 0 Å². The van der Waals surface area contributed by atoms with E-state index in [0.717, 1.165) is 56.7 Å². The molecule has 1 saturated carbocycles. The standard InChI is InChI=1S/C24H31ClN6O4S/c1-31-10-7-14(8-11-31)6-9-27-24(34)29-23-19(20(26)32)22(30-36-23)35-13-16-12-15(2-5-18(16)25)21(33)28-17-3-4-17/h2,5,12,14,17H,3-4,6-11,13H2,1H3,(H2,26,32)(H,28,33)(H2,27,29,34). The number of primary amides is 1. The molecular formula is C24H31ClN6O4S. The molecule has 4 rings (SSSR count). The zero-order valence-corrected chi connectivity index (χ0v) is 21.7. The summed E-state index contributed by atoms with van der Waals surface area (Å²) in [5.41, 5.74) is 6.57. The number of halogens is 1. The summed E-state index contributed by atoms with van der Waals surface area (Å²) in [6.07, 6.45) is 5.13. The van der Waals surface area contributed by atoms with Crippen LogP contribution < -0.4 is 26.4 Å². The van der Waals surface area contributed by atoms with Gasteiger partial charge in [-0.3, -0.25) is 14.9 Å². The van der Waals surface area contributed by atoms with Gasteiger partial charge in [-0.05, 0) is 87.9 Å². The molecule has 0 unspecified atom stereocenters. The van der Waals surface area contributed by atoms with Gasteiger partial charge < -0.3 is 26.0 Å². The van der Waals surface area contributed by atoms with E-state index in [-0.39, 0.29) is 35.0 Å². The molecule has 12 heteroatoms. The van der Waals surface area contributed by atoms with Gasteiger partial charge in [0.1, 0.15) is 17.2 Å². The molecule has 2 fully saturated rings. The van der Waals surface area contributed by atoms with E-state index in [0.29, 0.717) is 28.6 Å². The molecule has 0 atom stereocenters. The van der Waals surface area contributed by atoms with Crippen LogP contribution in [0.2, 0.25) is 5.02 Å². The minimum absolute atomic E-state index is 0.00183. The first-order chi connectivity index (χ1) is 17.3. The number of amides is 4. The van der Waals surface area contributed by atoms with Crippen LogP contribution >= 0.6 is 23.1 Å². The molecule has 2 heterocycles. The van der Waals surface area contributed by atoms with Crippen molar-refractivity contribution in [3.8, 4) is 5.88 Å². The monoisotopic (exact) mass is 534 g/mol. The van der Waals surface area contributed by atoms with Gasteiger partial charge in [-0.25, -0.2) is 4.79 Å². The normalized spacial score (nSPS) is 16.4. The fourth-order valence-corrected chi connectivity index (χ4v) is 4.94. The molecule has 0 spiro atoms. The van der Waals surface area contributed by atoms with Crippen molar-refractivity contribution in [3.05, 3.63) is 39.9 Å². The number of rotatable bonds is 10. The lowest BCUT2D eigenvalue weighted by atomic mass is 9.94. The molecule has 1 saturated heterocycles. The zero-order valence-electron chi connectivity index (χ0n) is 20.1. The van der Waals surface area contributed by atoms with Crippen LogP contribution in [-0.2, 0) is 6.61 Å². The maximum absolute atomic E-state index is 12.4. The third-order valence-corrected chi connectivity index (χ3v) is 7.51.